The smallest absolute Gasteiger partial charge is 0.233 e. The molecule has 0 unspecified atom stereocenters. The van der Waals surface area contributed by atoms with E-state index in [0.717, 1.165) is 42.9 Å². The van der Waals surface area contributed by atoms with Crippen LogP contribution in [0.25, 0.3) is 28.0 Å². The van der Waals surface area contributed by atoms with Crippen LogP contribution in [0.5, 0.6) is 11.8 Å². The lowest BCUT2D eigenvalue weighted by Gasteiger charge is -2.32. The first-order valence-electron chi connectivity index (χ1n) is 12.1. The van der Waals surface area contributed by atoms with E-state index in [1.807, 2.05) is 31.6 Å². The van der Waals surface area contributed by atoms with Gasteiger partial charge in [0.2, 0.25) is 11.8 Å². The zero-order valence-electron chi connectivity index (χ0n) is 20.9. The molecule has 6 heterocycles. The highest BCUT2D eigenvalue weighted by Crippen LogP contribution is 2.30. The zero-order chi connectivity index (χ0) is 26.1. The van der Waals surface area contributed by atoms with Crippen molar-refractivity contribution in [3.63, 3.8) is 0 Å². The van der Waals surface area contributed by atoms with Gasteiger partial charge < -0.3 is 14.4 Å². The minimum absolute atomic E-state index is 0.0622. The quantitative estimate of drug-likeness (QED) is 0.337. The maximum atomic E-state index is 9.65. The number of ether oxygens (including phenoxy) is 2. The summed E-state index contributed by atoms with van der Waals surface area (Å²) in [6.45, 7) is 1.61. The Labute approximate surface area is 218 Å². The van der Waals surface area contributed by atoms with Gasteiger partial charge in [-0.1, -0.05) is 0 Å². The number of pyridine rings is 1. The third-order valence-electron chi connectivity index (χ3n) is 6.52. The van der Waals surface area contributed by atoms with Crippen molar-refractivity contribution in [1.29, 1.82) is 5.26 Å². The van der Waals surface area contributed by atoms with E-state index < -0.39 is 0 Å². The molecule has 0 N–H and O–H groups in total. The number of piperidine rings is 1. The molecule has 1 aliphatic heterocycles. The second-order valence-corrected chi connectivity index (χ2v) is 8.96. The molecule has 0 bridgehead atoms. The Morgan fingerprint density at radius 1 is 0.947 bits per heavy atom. The van der Waals surface area contributed by atoms with Crippen molar-refractivity contribution >= 4 is 11.3 Å². The molecule has 0 atom stereocenters. The molecule has 1 fully saturated rings. The van der Waals surface area contributed by atoms with Gasteiger partial charge >= 0.3 is 0 Å². The molecule has 38 heavy (non-hydrogen) atoms. The fourth-order valence-electron chi connectivity index (χ4n) is 4.56. The van der Waals surface area contributed by atoms with Gasteiger partial charge in [-0.25, -0.2) is 14.5 Å². The third-order valence-corrected chi connectivity index (χ3v) is 6.52. The van der Waals surface area contributed by atoms with Crippen LogP contribution >= 0.6 is 0 Å². The lowest BCUT2D eigenvalue weighted by molar-refractivity contribution is 0.161. The standard InChI is InChI=1S/C26H24N10O2/c1-34-15-19(14-29-34)21-16-36-26(18(11-27)13-30-36)25(31-21)17-3-4-22(28-12-17)35-9-7-20(8-10-35)38-24-6-5-23(37-2)32-33-24/h3-6,12-16,20H,7-10H2,1-2H3. The first-order valence-corrected chi connectivity index (χ1v) is 12.1. The van der Waals surface area contributed by atoms with Gasteiger partial charge in [0.05, 0.1) is 37.1 Å². The monoisotopic (exact) mass is 508 g/mol. The van der Waals surface area contributed by atoms with Crippen molar-refractivity contribution in [2.75, 3.05) is 25.1 Å². The summed E-state index contributed by atoms with van der Waals surface area (Å²) in [5.74, 6) is 1.83. The molecule has 12 heteroatoms. The first kappa shape index (κ1) is 23.4. The number of anilines is 1. The Bertz CT molecular complexity index is 1610. The molecule has 0 amide bonds. The van der Waals surface area contributed by atoms with E-state index in [9.17, 15) is 5.26 Å². The number of nitriles is 1. The zero-order valence-corrected chi connectivity index (χ0v) is 20.9. The molecule has 0 radical (unpaired) electrons. The molecule has 1 aliphatic rings. The average molecular weight is 509 g/mol. The van der Waals surface area contributed by atoms with Gasteiger partial charge in [-0.2, -0.15) is 15.5 Å². The number of aryl methyl sites for hydroxylation is 1. The van der Waals surface area contributed by atoms with Crippen LogP contribution in [0.1, 0.15) is 18.4 Å². The van der Waals surface area contributed by atoms with Gasteiger partial charge in [0.15, 0.2) is 0 Å². The molecule has 5 aromatic rings. The summed E-state index contributed by atoms with van der Waals surface area (Å²) in [5.41, 5.74) is 4.12. The molecular formula is C26H24N10O2. The van der Waals surface area contributed by atoms with E-state index in [1.165, 1.54) is 0 Å². The van der Waals surface area contributed by atoms with E-state index in [0.29, 0.717) is 34.2 Å². The molecule has 1 saturated heterocycles. The van der Waals surface area contributed by atoms with E-state index in [1.54, 1.807) is 47.0 Å². The second kappa shape index (κ2) is 9.78. The van der Waals surface area contributed by atoms with Crippen molar-refractivity contribution in [3.05, 3.63) is 60.8 Å². The van der Waals surface area contributed by atoms with Gasteiger partial charge in [0.25, 0.3) is 0 Å². The Balaban J connectivity index is 1.21. The van der Waals surface area contributed by atoms with E-state index >= 15 is 0 Å². The van der Waals surface area contributed by atoms with Gasteiger partial charge in [0, 0.05) is 68.6 Å². The van der Waals surface area contributed by atoms with E-state index in [-0.39, 0.29) is 6.10 Å². The summed E-state index contributed by atoms with van der Waals surface area (Å²) in [5, 5.41) is 26.3. The normalized spacial score (nSPS) is 14.0. The molecule has 0 spiro atoms. The van der Waals surface area contributed by atoms with Gasteiger partial charge in [-0.3, -0.25) is 4.68 Å². The number of hydrogen-bond acceptors (Lipinski definition) is 10. The topological polar surface area (TPSA) is 132 Å². The molecule has 0 aromatic carbocycles. The summed E-state index contributed by atoms with van der Waals surface area (Å²) in [6.07, 6.45) is 10.6. The Morgan fingerprint density at radius 2 is 1.76 bits per heavy atom. The van der Waals surface area contributed by atoms with Crippen LogP contribution in [0.4, 0.5) is 5.82 Å². The number of rotatable bonds is 6. The third kappa shape index (κ3) is 4.45. The number of hydrogen-bond donors (Lipinski definition) is 0. The van der Waals surface area contributed by atoms with Crippen LogP contribution in [-0.2, 0) is 7.05 Å². The largest absolute Gasteiger partial charge is 0.480 e. The van der Waals surface area contributed by atoms with Crippen molar-refractivity contribution in [2.45, 2.75) is 18.9 Å². The Kier molecular flexibility index (Phi) is 6.01. The van der Waals surface area contributed by atoms with Crippen LogP contribution in [0.3, 0.4) is 0 Å². The maximum absolute atomic E-state index is 9.65. The van der Waals surface area contributed by atoms with Crippen LogP contribution in [0.2, 0.25) is 0 Å². The van der Waals surface area contributed by atoms with Crippen LogP contribution in [0, 0.1) is 11.3 Å². The summed E-state index contributed by atoms with van der Waals surface area (Å²) >= 11 is 0. The first-order chi connectivity index (χ1) is 18.6. The fraction of sp³-hybridized carbons (Fsp3) is 0.269. The van der Waals surface area contributed by atoms with Gasteiger partial charge in [-0.05, 0) is 12.1 Å². The fourth-order valence-corrected chi connectivity index (χ4v) is 4.56. The van der Waals surface area contributed by atoms with Gasteiger partial charge in [0.1, 0.15) is 29.1 Å². The van der Waals surface area contributed by atoms with Crippen molar-refractivity contribution < 1.29 is 9.47 Å². The van der Waals surface area contributed by atoms with Crippen LogP contribution in [0.15, 0.2) is 55.2 Å². The second-order valence-electron chi connectivity index (χ2n) is 8.96. The SMILES string of the molecule is COc1ccc(OC2CCN(c3ccc(-c4nc(-c5cnn(C)c5)cn5ncc(C#N)c45)cn3)CC2)nn1. The van der Waals surface area contributed by atoms with Crippen LogP contribution < -0.4 is 14.4 Å². The molecule has 6 rings (SSSR count). The highest BCUT2D eigenvalue weighted by atomic mass is 16.5. The van der Waals surface area contributed by atoms with Gasteiger partial charge in [-0.15, -0.1) is 10.2 Å². The Morgan fingerprint density at radius 3 is 2.42 bits per heavy atom. The molecule has 12 nitrogen and oxygen atoms in total. The van der Waals surface area contributed by atoms with Crippen LogP contribution in [-0.4, -0.2) is 65.9 Å². The highest BCUT2D eigenvalue weighted by Gasteiger charge is 2.23. The summed E-state index contributed by atoms with van der Waals surface area (Å²) in [6, 6.07) is 9.70. The number of aromatic nitrogens is 8. The molecule has 0 saturated carbocycles. The summed E-state index contributed by atoms with van der Waals surface area (Å²) in [7, 11) is 3.41. The predicted molar refractivity (Wildman–Crippen MR) is 138 cm³/mol. The minimum atomic E-state index is 0.0622. The molecule has 190 valence electrons. The molecule has 0 aliphatic carbocycles. The Hall–Kier alpha value is -5.05. The summed E-state index contributed by atoms with van der Waals surface area (Å²) < 4.78 is 14.5. The molecular weight excluding hydrogens is 484 g/mol. The maximum Gasteiger partial charge on any atom is 0.233 e. The lowest BCUT2D eigenvalue weighted by atomic mass is 10.1. The lowest BCUT2D eigenvalue weighted by Crippen LogP contribution is -2.38. The van der Waals surface area contributed by atoms with Crippen molar-refractivity contribution in [3.8, 4) is 40.3 Å². The van der Waals surface area contributed by atoms with Crippen molar-refractivity contribution in [1.82, 2.24) is 39.6 Å². The highest BCUT2D eigenvalue weighted by molar-refractivity contribution is 5.83. The van der Waals surface area contributed by atoms with E-state index in [4.69, 9.17) is 19.4 Å². The predicted octanol–water partition coefficient (Wildman–Crippen LogP) is 2.91. The number of methoxy groups -OCH3 is 1. The average Bonchev–Trinajstić information content (AvgIpc) is 3.59. The molecule has 5 aromatic heterocycles. The van der Waals surface area contributed by atoms with Crippen molar-refractivity contribution in [2.24, 2.45) is 7.05 Å². The number of fused-ring (bicyclic) bond motifs is 1. The number of nitrogens with zero attached hydrogens (tertiary/aromatic N) is 10. The summed E-state index contributed by atoms with van der Waals surface area (Å²) in [4.78, 5) is 11.9. The minimum Gasteiger partial charge on any atom is -0.480 e. The van der Waals surface area contributed by atoms with E-state index in [2.05, 4.69) is 31.4 Å².